The quantitative estimate of drug-likeness (QED) is 0.918. The van der Waals surface area contributed by atoms with E-state index in [9.17, 15) is 0 Å². The fraction of sp³-hybridized carbons (Fsp3) is 0.222. The van der Waals surface area contributed by atoms with E-state index in [4.69, 9.17) is 0 Å². The van der Waals surface area contributed by atoms with Crippen LogP contribution in [0.25, 0.3) is 0 Å². The van der Waals surface area contributed by atoms with Gasteiger partial charge in [-0.2, -0.15) is 0 Å². The normalized spacial score (nSPS) is 12.7. The topological polar surface area (TPSA) is 24.9 Å². The summed E-state index contributed by atoms with van der Waals surface area (Å²) in [6, 6.07) is 4.52. The van der Waals surface area contributed by atoms with E-state index in [0.29, 0.717) is 6.04 Å². The summed E-state index contributed by atoms with van der Waals surface area (Å²) in [7, 11) is 0. The molecule has 0 amide bonds. The lowest BCUT2D eigenvalue weighted by atomic mass is 10.3. The van der Waals surface area contributed by atoms with Crippen molar-refractivity contribution in [2.75, 3.05) is 5.32 Å². The summed E-state index contributed by atoms with van der Waals surface area (Å²) in [5.74, 6) is 0. The van der Waals surface area contributed by atoms with Gasteiger partial charge in [-0.25, -0.2) is 4.98 Å². The molecule has 0 aromatic carbocycles. The van der Waals surface area contributed by atoms with Gasteiger partial charge in [0.05, 0.1) is 16.0 Å². The number of nitrogens with zero attached hydrogens (tertiary/aromatic N) is 1. The second kappa shape index (κ2) is 4.42. The van der Waals surface area contributed by atoms with Crippen LogP contribution in [0.3, 0.4) is 0 Å². The Morgan fingerprint density at radius 3 is 3.00 bits per heavy atom. The van der Waals surface area contributed by atoms with Crippen LogP contribution < -0.4 is 5.32 Å². The number of thiophene rings is 1. The molecule has 0 aliphatic heterocycles. The summed E-state index contributed by atoms with van der Waals surface area (Å²) in [6.45, 7) is 2.14. The van der Waals surface area contributed by atoms with Crippen molar-refractivity contribution in [2.45, 2.75) is 13.0 Å². The molecule has 0 bridgehead atoms. The third-order valence-corrected chi connectivity index (χ3v) is 4.25. The first-order valence-corrected chi connectivity index (χ1v) is 6.66. The molecule has 0 spiro atoms. The minimum atomic E-state index is 0.327. The van der Waals surface area contributed by atoms with Gasteiger partial charge in [0.2, 0.25) is 0 Å². The Kier molecular flexibility index (Phi) is 3.20. The van der Waals surface area contributed by atoms with Gasteiger partial charge in [-0.3, -0.25) is 0 Å². The summed E-state index contributed by atoms with van der Waals surface area (Å²) in [5.41, 5.74) is 0. The lowest BCUT2D eigenvalue weighted by Gasteiger charge is -2.09. The Balaban J connectivity index is 2.05. The van der Waals surface area contributed by atoms with Crippen LogP contribution >= 0.6 is 38.6 Å². The highest BCUT2D eigenvalue weighted by molar-refractivity contribution is 9.11. The number of halogens is 1. The van der Waals surface area contributed by atoms with Gasteiger partial charge >= 0.3 is 0 Å². The third-order valence-electron chi connectivity index (χ3n) is 1.79. The molecule has 5 heteroatoms. The predicted molar refractivity (Wildman–Crippen MR) is 66.2 cm³/mol. The highest BCUT2D eigenvalue weighted by atomic mass is 79.9. The molecule has 0 aliphatic rings. The average molecular weight is 289 g/mol. The molecule has 1 N–H and O–H groups in total. The van der Waals surface area contributed by atoms with Crippen LogP contribution in [0.1, 0.15) is 17.8 Å². The van der Waals surface area contributed by atoms with Crippen LogP contribution in [0.2, 0.25) is 0 Å². The summed E-state index contributed by atoms with van der Waals surface area (Å²) >= 11 is 6.76. The monoisotopic (exact) mass is 288 g/mol. The Bertz CT molecular complexity index is 397. The number of anilines is 1. The number of hydrogen-bond acceptors (Lipinski definition) is 4. The molecular formula is C9H9BrN2S2. The van der Waals surface area contributed by atoms with E-state index in [0.717, 1.165) is 8.92 Å². The molecule has 2 heterocycles. The fourth-order valence-electron chi connectivity index (χ4n) is 1.12. The highest BCUT2D eigenvalue weighted by Crippen LogP contribution is 2.28. The molecule has 2 aromatic rings. The van der Waals surface area contributed by atoms with Crippen LogP contribution in [-0.4, -0.2) is 4.98 Å². The van der Waals surface area contributed by atoms with Crippen molar-refractivity contribution in [1.82, 2.24) is 4.98 Å². The Morgan fingerprint density at radius 2 is 2.43 bits per heavy atom. The number of aromatic nitrogens is 1. The van der Waals surface area contributed by atoms with Gasteiger partial charge in [0.1, 0.15) is 0 Å². The van der Waals surface area contributed by atoms with Crippen LogP contribution in [-0.2, 0) is 0 Å². The summed E-state index contributed by atoms with van der Waals surface area (Å²) in [6.07, 6.45) is 1.81. The minimum Gasteiger partial charge on any atom is -0.354 e. The average Bonchev–Trinajstić information content (AvgIpc) is 2.75. The molecule has 2 aromatic heterocycles. The number of thiazole rings is 1. The maximum absolute atomic E-state index is 4.23. The molecular weight excluding hydrogens is 280 g/mol. The van der Waals surface area contributed by atoms with Crippen LogP contribution in [0.15, 0.2) is 27.5 Å². The van der Waals surface area contributed by atoms with E-state index in [1.807, 2.05) is 6.20 Å². The van der Waals surface area contributed by atoms with E-state index in [1.165, 1.54) is 4.88 Å². The smallest absolute Gasteiger partial charge is 0.184 e. The van der Waals surface area contributed by atoms with Gasteiger partial charge in [0.15, 0.2) is 5.13 Å². The van der Waals surface area contributed by atoms with Gasteiger partial charge in [-0.1, -0.05) is 17.4 Å². The second-order valence-electron chi connectivity index (χ2n) is 2.85. The standard InChI is InChI=1S/C9H9BrN2S2/c1-6(7-3-2-4-13-7)12-9-11-5-8(10)14-9/h2-6H,1H3,(H,11,12). The summed E-state index contributed by atoms with van der Waals surface area (Å²) < 4.78 is 1.05. The molecule has 1 unspecified atom stereocenters. The summed E-state index contributed by atoms with van der Waals surface area (Å²) in [5, 5.41) is 6.40. The van der Waals surface area contributed by atoms with Crippen molar-refractivity contribution in [3.05, 3.63) is 32.4 Å². The second-order valence-corrected chi connectivity index (χ2v) is 6.24. The molecule has 0 radical (unpaired) electrons. The minimum absolute atomic E-state index is 0.327. The van der Waals surface area contributed by atoms with Crippen molar-refractivity contribution in [3.63, 3.8) is 0 Å². The van der Waals surface area contributed by atoms with Crippen molar-refractivity contribution >= 4 is 43.7 Å². The molecule has 0 aliphatic carbocycles. The third kappa shape index (κ3) is 2.34. The van der Waals surface area contributed by atoms with E-state index >= 15 is 0 Å². The number of hydrogen-bond donors (Lipinski definition) is 1. The van der Waals surface area contributed by atoms with Gasteiger partial charge in [0.25, 0.3) is 0 Å². The van der Waals surface area contributed by atoms with E-state index in [2.05, 4.69) is 50.7 Å². The molecule has 2 nitrogen and oxygen atoms in total. The van der Waals surface area contributed by atoms with E-state index in [1.54, 1.807) is 22.7 Å². The molecule has 0 saturated heterocycles. The largest absolute Gasteiger partial charge is 0.354 e. The Morgan fingerprint density at radius 1 is 1.57 bits per heavy atom. The lowest BCUT2D eigenvalue weighted by Crippen LogP contribution is -2.03. The zero-order chi connectivity index (χ0) is 9.97. The predicted octanol–water partition coefficient (Wildman–Crippen LogP) is 4.14. The van der Waals surface area contributed by atoms with E-state index in [-0.39, 0.29) is 0 Å². The molecule has 74 valence electrons. The van der Waals surface area contributed by atoms with Crippen molar-refractivity contribution in [1.29, 1.82) is 0 Å². The summed E-state index contributed by atoms with van der Waals surface area (Å²) in [4.78, 5) is 5.56. The Labute approximate surface area is 99.1 Å². The Hall–Kier alpha value is -0.390. The molecule has 0 fully saturated rings. The molecule has 2 rings (SSSR count). The SMILES string of the molecule is CC(Nc1ncc(Br)s1)c1cccs1. The zero-order valence-electron chi connectivity index (χ0n) is 7.53. The van der Waals surface area contributed by atoms with Crippen LogP contribution in [0.5, 0.6) is 0 Å². The van der Waals surface area contributed by atoms with Crippen LogP contribution in [0, 0.1) is 0 Å². The first-order valence-electron chi connectivity index (χ1n) is 4.17. The fourth-order valence-corrected chi connectivity index (χ4v) is 3.04. The number of rotatable bonds is 3. The first-order chi connectivity index (χ1) is 6.75. The van der Waals surface area contributed by atoms with Crippen molar-refractivity contribution < 1.29 is 0 Å². The maximum Gasteiger partial charge on any atom is 0.184 e. The number of nitrogens with one attached hydrogen (secondary N) is 1. The lowest BCUT2D eigenvalue weighted by molar-refractivity contribution is 0.904. The van der Waals surface area contributed by atoms with E-state index < -0.39 is 0 Å². The van der Waals surface area contributed by atoms with Crippen LogP contribution in [0.4, 0.5) is 5.13 Å². The highest BCUT2D eigenvalue weighted by Gasteiger charge is 2.07. The maximum atomic E-state index is 4.23. The molecule has 1 atom stereocenters. The van der Waals surface area contributed by atoms with Crippen molar-refractivity contribution in [2.24, 2.45) is 0 Å². The zero-order valence-corrected chi connectivity index (χ0v) is 10.7. The van der Waals surface area contributed by atoms with Gasteiger partial charge in [0, 0.05) is 4.88 Å². The van der Waals surface area contributed by atoms with Gasteiger partial charge in [-0.05, 0) is 34.3 Å². The molecule has 14 heavy (non-hydrogen) atoms. The van der Waals surface area contributed by atoms with Gasteiger partial charge in [-0.15, -0.1) is 11.3 Å². The first kappa shape index (κ1) is 10.1. The van der Waals surface area contributed by atoms with Crippen molar-refractivity contribution in [3.8, 4) is 0 Å². The van der Waals surface area contributed by atoms with Gasteiger partial charge < -0.3 is 5.32 Å². The molecule has 0 saturated carbocycles.